The third-order valence-electron chi connectivity index (χ3n) is 3.68. The molecule has 0 aliphatic carbocycles. The lowest BCUT2D eigenvalue weighted by Gasteiger charge is -2.16. The first-order valence-electron chi connectivity index (χ1n) is 6.83. The molecule has 3 rings (SSSR count). The molecule has 23 heavy (non-hydrogen) atoms. The van der Waals surface area contributed by atoms with Gasteiger partial charge < -0.3 is 10.8 Å². The molecule has 0 atom stereocenters. The number of nitrogens with zero attached hydrogens (tertiary/aromatic N) is 1. The molecule has 0 fully saturated rings. The van der Waals surface area contributed by atoms with Crippen molar-refractivity contribution in [3.63, 3.8) is 0 Å². The van der Waals surface area contributed by atoms with E-state index in [1.807, 2.05) is 0 Å². The van der Waals surface area contributed by atoms with Gasteiger partial charge >= 0.3 is 0 Å². The van der Waals surface area contributed by atoms with Gasteiger partial charge in [-0.25, -0.2) is 0 Å². The number of rotatable bonds is 2. The summed E-state index contributed by atoms with van der Waals surface area (Å²) in [6.45, 7) is 2.01. The van der Waals surface area contributed by atoms with Crippen LogP contribution < -0.4 is 11.3 Å². The average molecular weight is 350 g/mol. The molecular weight excluding hydrogens is 337 g/mol. The van der Waals surface area contributed by atoms with E-state index in [0.717, 1.165) is 5.56 Å². The second kappa shape index (κ2) is 5.85. The predicted molar refractivity (Wildman–Crippen MR) is 92.1 cm³/mol. The van der Waals surface area contributed by atoms with E-state index in [-0.39, 0.29) is 12.4 Å². The highest BCUT2D eigenvalue weighted by Crippen LogP contribution is 2.40. The molecule has 5 nitrogen and oxygen atoms in total. The van der Waals surface area contributed by atoms with Gasteiger partial charge in [0.05, 0.1) is 10.9 Å². The van der Waals surface area contributed by atoms with E-state index < -0.39 is 5.56 Å². The zero-order valence-electron chi connectivity index (χ0n) is 12.2. The standard InChI is InChI=1S/C16H13Cl2N3O2/c1-7-10(6-19)14(9-3-2-8(17)4-11(9)18)15-12(20-7)5-13(22)21-16(15)23/h2-5H,6,19H2,1H3,(H2,21,22,23). The lowest BCUT2D eigenvalue weighted by Crippen LogP contribution is -2.09. The summed E-state index contributed by atoms with van der Waals surface area (Å²) in [6.07, 6.45) is 0. The van der Waals surface area contributed by atoms with E-state index in [9.17, 15) is 9.90 Å². The van der Waals surface area contributed by atoms with E-state index >= 15 is 0 Å². The third-order valence-corrected chi connectivity index (χ3v) is 4.23. The molecule has 0 saturated carbocycles. The van der Waals surface area contributed by atoms with Gasteiger partial charge in [-0.15, -0.1) is 0 Å². The Bertz CT molecular complexity index is 983. The Kier molecular flexibility index (Phi) is 4.02. The summed E-state index contributed by atoms with van der Waals surface area (Å²) in [6, 6.07) is 6.40. The summed E-state index contributed by atoms with van der Waals surface area (Å²) in [5.41, 5.74) is 8.54. The van der Waals surface area contributed by atoms with Crippen molar-refractivity contribution in [1.29, 1.82) is 0 Å². The minimum Gasteiger partial charge on any atom is -0.494 e. The van der Waals surface area contributed by atoms with Crippen LogP contribution in [0, 0.1) is 6.92 Å². The number of hydrogen-bond donors (Lipinski definition) is 3. The smallest absolute Gasteiger partial charge is 0.252 e. The summed E-state index contributed by atoms with van der Waals surface area (Å²) < 4.78 is 0. The Balaban J connectivity index is 2.53. The first-order valence-corrected chi connectivity index (χ1v) is 7.59. The highest BCUT2D eigenvalue weighted by atomic mass is 35.5. The van der Waals surface area contributed by atoms with Crippen molar-refractivity contribution in [2.24, 2.45) is 5.73 Å². The number of aromatic amines is 1. The van der Waals surface area contributed by atoms with E-state index in [4.69, 9.17) is 28.9 Å². The van der Waals surface area contributed by atoms with Gasteiger partial charge in [0.25, 0.3) is 5.56 Å². The number of nitrogens with two attached hydrogens (primary N) is 1. The fourth-order valence-electron chi connectivity index (χ4n) is 2.69. The van der Waals surface area contributed by atoms with Crippen LogP contribution in [0.15, 0.2) is 29.1 Å². The highest BCUT2D eigenvalue weighted by molar-refractivity contribution is 6.36. The number of nitrogens with one attached hydrogen (secondary N) is 1. The zero-order chi connectivity index (χ0) is 16.7. The molecule has 0 spiro atoms. The molecule has 0 radical (unpaired) electrons. The second-order valence-electron chi connectivity index (χ2n) is 5.12. The monoisotopic (exact) mass is 349 g/mol. The fraction of sp³-hybridized carbons (Fsp3) is 0.125. The Morgan fingerprint density at radius 2 is 2.04 bits per heavy atom. The topological polar surface area (TPSA) is 92.0 Å². The van der Waals surface area contributed by atoms with Crippen LogP contribution >= 0.6 is 23.2 Å². The Morgan fingerprint density at radius 1 is 1.30 bits per heavy atom. The predicted octanol–water partition coefficient (Wildman–Crippen LogP) is 3.37. The molecule has 2 aromatic heterocycles. The molecule has 0 unspecified atom stereocenters. The van der Waals surface area contributed by atoms with Crippen molar-refractivity contribution in [1.82, 2.24) is 9.97 Å². The molecular formula is C16H13Cl2N3O2. The van der Waals surface area contributed by atoms with E-state index in [1.165, 1.54) is 6.07 Å². The summed E-state index contributed by atoms with van der Waals surface area (Å²) in [4.78, 5) is 18.4. The molecule has 0 saturated heterocycles. The lowest BCUT2D eigenvalue weighted by atomic mass is 9.95. The van der Waals surface area contributed by atoms with Crippen LogP contribution in [0.1, 0.15) is 11.3 Å². The van der Waals surface area contributed by atoms with Crippen molar-refractivity contribution in [2.75, 3.05) is 0 Å². The molecule has 118 valence electrons. The first kappa shape index (κ1) is 15.8. The van der Waals surface area contributed by atoms with Crippen molar-refractivity contribution >= 4 is 34.1 Å². The number of benzene rings is 1. The highest BCUT2D eigenvalue weighted by Gasteiger charge is 2.19. The van der Waals surface area contributed by atoms with Crippen molar-refractivity contribution in [3.05, 3.63) is 55.9 Å². The summed E-state index contributed by atoms with van der Waals surface area (Å²) in [5, 5.41) is 11.6. The van der Waals surface area contributed by atoms with E-state index in [1.54, 1.807) is 25.1 Å². The SMILES string of the molecule is Cc1nc2cc(=O)[nH]c(O)c2c(-c2ccc(Cl)cc2Cl)c1CN. The number of aromatic hydroxyl groups is 1. The van der Waals surface area contributed by atoms with Gasteiger partial charge in [0.2, 0.25) is 5.88 Å². The summed E-state index contributed by atoms with van der Waals surface area (Å²) >= 11 is 12.3. The number of hydrogen-bond acceptors (Lipinski definition) is 4. The second-order valence-corrected chi connectivity index (χ2v) is 5.97. The van der Waals surface area contributed by atoms with Crippen LogP contribution in [-0.2, 0) is 6.54 Å². The molecule has 7 heteroatoms. The van der Waals surface area contributed by atoms with E-state index in [0.29, 0.717) is 37.8 Å². The molecule has 4 N–H and O–H groups in total. The maximum Gasteiger partial charge on any atom is 0.252 e. The van der Waals surface area contributed by atoms with Crippen molar-refractivity contribution < 1.29 is 5.11 Å². The molecule has 0 aliphatic rings. The number of aryl methyl sites for hydroxylation is 1. The van der Waals surface area contributed by atoms with Gasteiger partial charge in [-0.3, -0.25) is 14.8 Å². The molecule has 2 heterocycles. The quantitative estimate of drug-likeness (QED) is 0.661. The van der Waals surface area contributed by atoms with Gasteiger partial charge in [-0.1, -0.05) is 29.3 Å². The molecule has 0 amide bonds. The van der Waals surface area contributed by atoms with Gasteiger partial charge in [0.15, 0.2) is 0 Å². The molecule has 0 aliphatic heterocycles. The zero-order valence-corrected chi connectivity index (χ0v) is 13.7. The number of H-pyrrole nitrogens is 1. The minimum atomic E-state index is -0.435. The Morgan fingerprint density at radius 3 is 2.70 bits per heavy atom. The molecule has 3 aromatic rings. The number of pyridine rings is 2. The Labute approximate surface area is 141 Å². The molecule has 1 aromatic carbocycles. The van der Waals surface area contributed by atoms with Crippen molar-refractivity contribution in [3.8, 4) is 17.0 Å². The van der Waals surface area contributed by atoms with Crippen LogP contribution in [0.2, 0.25) is 10.0 Å². The normalized spacial score (nSPS) is 11.1. The van der Waals surface area contributed by atoms with Crippen LogP contribution in [0.5, 0.6) is 5.88 Å². The van der Waals surface area contributed by atoms with Gasteiger partial charge in [0.1, 0.15) is 0 Å². The number of aromatic nitrogens is 2. The van der Waals surface area contributed by atoms with Gasteiger partial charge in [-0.2, -0.15) is 0 Å². The van der Waals surface area contributed by atoms with Crippen molar-refractivity contribution in [2.45, 2.75) is 13.5 Å². The fourth-order valence-corrected chi connectivity index (χ4v) is 3.19. The van der Waals surface area contributed by atoms with Gasteiger partial charge in [-0.05, 0) is 24.6 Å². The maximum absolute atomic E-state index is 11.6. The first-order chi connectivity index (χ1) is 10.9. The minimum absolute atomic E-state index is 0.210. The van der Waals surface area contributed by atoms with Crippen LogP contribution in [0.4, 0.5) is 0 Å². The average Bonchev–Trinajstić information content (AvgIpc) is 2.45. The number of fused-ring (bicyclic) bond motifs is 1. The van der Waals surface area contributed by atoms with Crippen LogP contribution in [0.25, 0.3) is 22.0 Å². The third kappa shape index (κ3) is 2.67. The van der Waals surface area contributed by atoms with Crippen LogP contribution in [0.3, 0.4) is 0 Å². The van der Waals surface area contributed by atoms with Crippen LogP contribution in [-0.4, -0.2) is 15.1 Å². The molecule has 0 bridgehead atoms. The Hall–Kier alpha value is -2.08. The largest absolute Gasteiger partial charge is 0.494 e. The number of halogens is 2. The van der Waals surface area contributed by atoms with E-state index in [2.05, 4.69) is 9.97 Å². The summed E-state index contributed by atoms with van der Waals surface area (Å²) in [7, 11) is 0. The van der Waals surface area contributed by atoms with Gasteiger partial charge in [0, 0.05) is 39.5 Å². The maximum atomic E-state index is 11.6. The summed E-state index contributed by atoms with van der Waals surface area (Å²) in [5.74, 6) is -0.268. The lowest BCUT2D eigenvalue weighted by molar-refractivity contribution is 0.458.